The Morgan fingerprint density at radius 3 is 2.88 bits per heavy atom. The van der Waals surface area contributed by atoms with Gasteiger partial charge in [-0.1, -0.05) is 24.3 Å². The molecular weight excluding hydrogens is 206 g/mol. The van der Waals surface area contributed by atoms with E-state index in [9.17, 15) is 4.79 Å². The Hall–Kier alpha value is -1.39. The molecule has 1 saturated heterocycles. The first kappa shape index (κ1) is 9.81. The van der Waals surface area contributed by atoms with Crippen LogP contribution < -0.4 is 5.32 Å². The normalized spacial score (nSPS) is 27.0. The lowest BCUT2D eigenvalue weighted by Gasteiger charge is -2.24. The van der Waals surface area contributed by atoms with E-state index >= 15 is 0 Å². The molecule has 0 bridgehead atoms. The maximum Gasteiger partial charge on any atom is 0.325 e. The van der Waals surface area contributed by atoms with Crippen LogP contribution in [0.5, 0.6) is 0 Å². The fraction of sp³-hybridized carbons (Fsp3) is 0.417. The second-order valence-corrected chi connectivity index (χ2v) is 4.11. The highest BCUT2D eigenvalue weighted by Gasteiger charge is 2.32. The van der Waals surface area contributed by atoms with E-state index in [-0.39, 0.29) is 18.3 Å². The zero-order valence-corrected chi connectivity index (χ0v) is 8.81. The summed E-state index contributed by atoms with van der Waals surface area (Å²) in [5.74, 6) is -0.211. The largest absolute Gasteiger partial charge is 0.432 e. The van der Waals surface area contributed by atoms with Gasteiger partial charge in [-0.2, -0.15) is 0 Å². The monoisotopic (exact) mass is 219 g/mol. The molecule has 1 fully saturated rings. The summed E-state index contributed by atoms with van der Waals surface area (Å²) >= 11 is 0. The molecule has 0 aliphatic carbocycles. The number of esters is 1. The van der Waals surface area contributed by atoms with E-state index in [4.69, 9.17) is 9.47 Å². The van der Waals surface area contributed by atoms with Crippen molar-refractivity contribution in [1.29, 1.82) is 0 Å². The molecule has 0 unspecified atom stereocenters. The van der Waals surface area contributed by atoms with Crippen LogP contribution in [0.3, 0.4) is 0 Å². The molecule has 4 heteroatoms. The second-order valence-electron chi connectivity index (χ2n) is 4.11. The Balaban J connectivity index is 1.69. The second kappa shape index (κ2) is 3.88. The van der Waals surface area contributed by atoms with E-state index in [0.717, 1.165) is 6.54 Å². The zero-order chi connectivity index (χ0) is 11.0. The predicted octanol–water partition coefficient (Wildman–Crippen LogP) is 0.600. The summed E-state index contributed by atoms with van der Waals surface area (Å²) in [6.07, 6.45) is 0.397. The number of carbonyl (C=O) groups is 1. The molecule has 2 aliphatic rings. The fourth-order valence-electron chi connectivity index (χ4n) is 1.94. The lowest BCUT2D eigenvalue weighted by molar-refractivity contribution is -0.151. The van der Waals surface area contributed by atoms with Crippen LogP contribution in [0.15, 0.2) is 24.3 Å². The van der Waals surface area contributed by atoms with Crippen LogP contribution in [0.1, 0.15) is 11.1 Å². The Morgan fingerprint density at radius 1 is 1.38 bits per heavy atom. The van der Waals surface area contributed by atoms with Crippen molar-refractivity contribution in [2.75, 3.05) is 6.61 Å². The number of hydrogen-bond donors (Lipinski definition) is 1. The Kier molecular flexibility index (Phi) is 2.38. The molecule has 1 N–H and O–H groups in total. The summed E-state index contributed by atoms with van der Waals surface area (Å²) in [5.41, 5.74) is 2.48. The minimum absolute atomic E-state index is 0.211. The fourth-order valence-corrected chi connectivity index (χ4v) is 1.94. The smallest absolute Gasteiger partial charge is 0.325 e. The van der Waals surface area contributed by atoms with Gasteiger partial charge in [-0.15, -0.1) is 0 Å². The van der Waals surface area contributed by atoms with Gasteiger partial charge < -0.3 is 14.8 Å². The lowest BCUT2D eigenvalue weighted by Crippen LogP contribution is -2.43. The van der Waals surface area contributed by atoms with Gasteiger partial charge in [0.2, 0.25) is 6.29 Å². The molecule has 0 spiro atoms. The number of carbonyl (C=O) groups excluding carboxylic acids is 1. The third-order valence-electron chi connectivity index (χ3n) is 2.92. The van der Waals surface area contributed by atoms with Crippen LogP contribution in [-0.2, 0) is 27.2 Å². The van der Waals surface area contributed by atoms with Gasteiger partial charge in [0.05, 0.1) is 0 Å². The van der Waals surface area contributed by atoms with Crippen molar-refractivity contribution >= 4 is 5.97 Å². The number of fused-ring (bicyclic) bond motifs is 1. The summed E-state index contributed by atoms with van der Waals surface area (Å²) in [6, 6.07) is 7.91. The van der Waals surface area contributed by atoms with Crippen LogP contribution in [0, 0.1) is 0 Å². The van der Waals surface area contributed by atoms with Crippen LogP contribution in [0.2, 0.25) is 0 Å². The summed E-state index contributed by atoms with van der Waals surface area (Å²) in [6.45, 7) is 1.26. The van der Waals surface area contributed by atoms with Crippen molar-refractivity contribution in [1.82, 2.24) is 5.32 Å². The molecule has 2 atom stereocenters. The number of rotatable bonds is 2. The maximum atomic E-state index is 11.7. The van der Waals surface area contributed by atoms with E-state index < -0.39 is 0 Å². The topological polar surface area (TPSA) is 50.9 Å². The Labute approximate surface area is 93.5 Å². The zero-order valence-electron chi connectivity index (χ0n) is 8.81. The van der Waals surface area contributed by atoms with Gasteiger partial charge in [-0.05, 0) is 17.5 Å². The molecule has 0 aromatic heterocycles. The number of ether oxygens (including phenoxy) is 2. The van der Waals surface area contributed by atoms with Gasteiger partial charge in [-0.3, -0.25) is 4.79 Å². The predicted molar refractivity (Wildman–Crippen MR) is 56.6 cm³/mol. The first-order valence-electron chi connectivity index (χ1n) is 5.45. The average Bonchev–Trinajstić information content (AvgIpc) is 3.12. The Bertz CT molecular complexity index is 414. The molecule has 2 heterocycles. The van der Waals surface area contributed by atoms with Gasteiger partial charge in [0.25, 0.3) is 0 Å². The van der Waals surface area contributed by atoms with Gasteiger partial charge >= 0.3 is 5.97 Å². The number of hydrogen-bond acceptors (Lipinski definition) is 4. The summed E-state index contributed by atoms with van der Waals surface area (Å²) in [5, 5.41) is 3.18. The molecule has 0 radical (unpaired) electrons. The molecule has 0 saturated carbocycles. The van der Waals surface area contributed by atoms with Crippen molar-refractivity contribution in [3.05, 3.63) is 35.4 Å². The Morgan fingerprint density at radius 2 is 2.12 bits per heavy atom. The van der Waals surface area contributed by atoms with Gasteiger partial charge in [0, 0.05) is 6.54 Å². The number of benzene rings is 1. The van der Waals surface area contributed by atoms with Crippen LogP contribution in [0.4, 0.5) is 0 Å². The van der Waals surface area contributed by atoms with Crippen molar-refractivity contribution < 1.29 is 14.3 Å². The number of epoxide rings is 1. The molecular formula is C12H13NO3. The summed E-state index contributed by atoms with van der Waals surface area (Å²) < 4.78 is 9.96. The highest BCUT2D eigenvalue weighted by molar-refractivity contribution is 5.77. The standard InChI is InChI=1S/C12H13NO3/c14-12(16-11-7-15-11)10-5-8-3-1-2-4-9(8)6-13-10/h1-4,10-11,13H,5-7H2/t10-,11-/m0/s1. The molecule has 4 nitrogen and oxygen atoms in total. The van der Waals surface area contributed by atoms with Crippen molar-refractivity contribution in [3.63, 3.8) is 0 Å². The number of nitrogens with one attached hydrogen (secondary N) is 1. The van der Waals surface area contributed by atoms with E-state index in [2.05, 4.69) is 17.4 Å². The van der Waals surface area contributed by atoms with Crippen LogP contribution in [0.25, 0.3) is 0 Å². The van der Waals surface area contributed by atoms with E-state index in [1.165, 1.54) is 11.1 Å². The molecule has 1 aromatic rings. The third-order valence-corrected chi connectivity index (χ3v) is 2.92. The highest BCUT2D eigenvalue weighted by atomic mass is 16.8. The summed E-state index contributed by atoms with van der Waals surface area (Å²) in [7, 11) is 0. The highest BCUT2D eigenvalue weighted by Crippen LogP contribution is 2.18. The molecule has 16 heavy (non-hydrogen) atoms. The average molecular weight is 219 g/mol. The third kappa shape index (κ3) is 1.94. The van der Waals surface area contributed by atoms with E-state index in [1.54, 1.807) is 0 Å². The van der Waals surface area contributed by atoms with E-state index in [0.29, 0.717) is 13.0 Å². The minimum Gasteiger partial charge on any atom is -0.432 e. The minimum atomic E-state index is -0.300. The summed E-state index contributed by atoms with van der Waals surface area (Å²) in [4.78, 5) is 11.7. The van der Waals surface area contributed by atoms with Gasteiger partial charge in [-0.25, -0.2) is 0 Å². The van der Waals surface area contributed by atoms with E-state index in [1.807, 2.05) is 12.1 Å². The quantitative estimate of drug-likeness (QED) is 0.584. The van der Waals surface area contributed by atoms with Crippen LogP contribution in [-0.4, -0.2) is 24.9 Å². The van der Waals surface area contributed by atoms with Gasteiger partial charge in [0.15, 0.2) is 0 Å². The first-order valence-corrected chi connectivity index (χ1v) is 5.45. The van der Waals surface area contributed by atoms with Gasteiger partial charge in [0.1, 0.15) is 12.6 Å². The van der Waals surface area contributed by atoms with Crippen molar-refractivity contribution in [2.45, 2.75) is 25.3 Å². The lowest BCUT2D eigenvalue weighted by atomic mass is 9.96. The molecule has 2 aliphatic heterocycles. The molecule has 3 rings (SSSR count). The van der Waals surface area contributed by atoms with Crippen LogP contribution >= 0.6 is 0 Å². The maximum absolute atomic E-state index is 11.7. The van der Waals surface area contributed by atoms with Crippen molar-refractivity contribution in [2.24, 2.45) is 0 Å². The molecule has 0 amide bonds. The SMILES string of the molecule is O=C(O[C@H]1CO1)[C@@H]1Cc2ccccc2CN1. The molecule has 1 aromatic carbocycles. The first-order chi connectivity index (χ1) is 7.83. The molecule has 84 valence electrons. The van der Waals surface area contributed by atoms with Crippen molar-refractivity contribution in [3.8, 4) is 0 Å².